The molecule has 0 saturated heterocycles. The van der Waals surface area contributed by atoms with Crippen molar-refractivity contribution in [2.75, 3.05) is 0 Å². The Labute approximate surface area is 91.1 Å². The van der Waals surface area contributed by atoms with Crippen LogP contribution in [-0.4, -0.2) is 23.5 Å². The molecule has 0 spiro atoms. The van der Waals surface area contributed by atoms with Gasteiger partial charge in [-0.25, -0.2) is 0 Å². The summed E-state index contributed by atoms with van der Waals surface area (Å²) in [6.45, 7) is 1.82. The monoisotopic (exact) mass is 221 g/mol. The third kappa shape index (κ3) is 3.21. The summed E-state index contributed by atoms with van der Waals surface area (Å²) in [4.78, 5) is 17.7. The van der Waals surface area contributed by atoms with E-state index in [4.69, 9.17) is 0 Å². The summed E-state index contributed by atoms with van der Waals surface area (Å²) in [6.07, 6.45) is 4.63. The summed E-state index contributed by atoms with van der Waals surface area (Å²) >= 11 is 0. The van der Waals surface area contributed by atoms with Gasteiger partial charge >= 0.3 is 0 Å². The number of nitrogens with zero attached hydrogens (tertiary/aromatic N) is 2. The molecular weight excluding hydrogens is 216 g/mol. The van der Waals surface area contributed by atoms with Crippen LogP contribution in [0.2, 0.25) is 6.82 Å². The molecule has 1 aromatic rings. The van der Waals surface area contributed by atoms with Gasteiger partial charge < -0.3 is 14.8 Å². The molecule has 3 nitrogen and oxygen atoms in total. The topological polar surface area (TPSA) is 42.9 Å². The van der Waals surface area contributed by atoms with E-state index in [2.05, 4.69) is 16.2 Å². The summed E-state index contributed by atoms with van der Waals surface area (Å²) in [5.41, 5.74) is 0.969. The Bertz CT molecular complexity index is 227. The van der Waals surface area contributed by atoms with Crippen molar-refractivity contribution in [3.05, 3.63) is 18.0 Å². The maximum absolute atomic E-state index is 10.1. The summed E-state index contributed by atoms with van der Waals surface area (Å²) in [5.74, 6) is 0. The quantitative estimate of drug-likeness (QED) is 0.382. The van der Waals surface area contributed by atoms with E-state index in [1.54, 1.807) is 7.28 Å². The zero-order chi connectivity index (χ0) is 7.40. The molecule has 0 aliphatic carbocycles. The Hall–Kier alpha value is -0.0812. The van der Waals surface area contributed by atoms with Gasteiger partial charge in [-0.15, -0.1) is 0 Å². The number of carbonyl (C=O) groups excluding carboxylic acids is 1. The van der Waals surface area contributed by atoms with E-state index in [1.807, 2.05) is 6.82 Å². The van der Waals surface area contributed by atoms with Gasteiger partial charge in [0.1, 0.15) is 7.28 Å². The Morgan fingerprint density at radius 2 is 2.45 bits per heavy atom. The van der Waals surface area contributed by atoms with Crippen LogP contribution in [0.3, 0.4) is 0 Å². The fraction of sp³-hybridized carbons (Fsp3) is 0.167. The Kier molecular flexibility index (Phi) is 5.51. The third-order valence-electron chi connectivity index (χ3n) is 1.02. The van der Waals surface area contributed by atoms with Crippen molar-refractivity contribution in [3.8, 4) is 0 Å². The molecular formula is C6H5BN2OY-. The molecule has 0 unspecified atom stereocenters. The van der Waals surface area contributed by atoms with Crippen molar-refractivity contribution in [3.63, 3.8) is 0 Å². The van der Waals surface area contributed by atoms with Crippen LogP contribution in [0, 0.1) is 6.20 Å². The molecule has 0 amide bonds. The summed E-state index contributed by atoms with van der Waals surface area (Å²) in [7, 11) is 1.74. The molecule has 0 aliphatic heterocycles. The minimum Gasteiger partial charge on any atom is -0.355 e. The molecule has 0 bridgehead atoms. The predicted molar refractivity (Wildman–Crippen MR) is 37.5 cm³/mol. The molecule has 0 fully saturated rings. The maximum atomic E-state index is 10.1. The smallest absolute Gasteiger partial charge is 0.133 e. The first-order chi connectivity index (χ1) is 4.86. The van der Waals surface area contributed by atoms with E-state index in [1.165, 1.54) is 6.20 Å². The van der Waals surface area contributed by atoms with Crippen molar-refractivity contribution in [2.24, 2.45) is 0 Å². The summed E-state index contributed by atoms with van der Waals surface area (Å²) in [5, 5.41) is 0. The average molecular weight is 221 g/mol. The van der Waals surface area contributed by atoms with Crippen LogP contribution in [-0.2, 0) is 32.7 Å². The van der Waals surface area contributed by atoms with Crippen LogP contribution >= 0.6 is 0 Å². The second-order valence-corrected chi connectivity index (χ2v) is 1.70. The number of carbonyl (C=O) groups is 1. The van der Waals surface area contributed by atoms with Gasteiger partial charge in [0.2, 0.25) is 0 Å². The van der Waals surface area contributed by atoms with Gasteiger partial charge in [-0.3, -0.25) is 0 Å². The first-order valence-corrected chi connectivity index (χ1v) is 2.86. The number of hydrogen-bond donors (Lipinski definition) is 0. The maximum Gasteiger partial charge on any atom is 0.133 e. The first kappa shape index (κ1) is 10.9. The Balaban J connectivity index is 0.000001000. The van der Waals surface area contributed by atoms with Crippen LogP contribution in [0.1, 0.15) is 10.4 Å². The van der Waals surface area contributed by atoms with Crippen LogP contribution in [0.15, 0.2) is 6.20 Å². The molecule has 52 valence electrons. The minimum atomic E-state index is 0. The molecule has 0 aromatic carbocycles. The predicted octanol–water partition coefficient (Wildman–Crippen LogP) is -0.536. The molecule has 2 radical (unpaired) electrons. The molecule has 0 N–H and O–H groups in total. The third-order valence-corrected chi connectivity index (χ3v) is 1.02. The number of hydrogen-bond acceptors (Lipinski definition) is 3. The zero-order valence-electron chi connectivity index (χ0n) is 6.11. The van der Waals surface area contributed by atoms with E-state index in [9.17, 15) is 4.79 Å². The summed E-state index contributed by atoms with van der Waals surface area (Å²) < 4.78 is 0. The van der Waals surface area contributed by atoms with Crippen molar-refractivity contribution >= 4 is 19.3 Å². The molecule has 1 aromatic heterocycles. The number of rotatable bonds is 2. The first-order valence-electron chi connectivity index (χ1n) is 2.86. The standard InChI is InChI=1S/C6H5BN2O.Y/c1-7-6-8-2-5(4-10)3-9-6;/h2,4H,1H3;/q-1;. The number of aromatic nitrogens is 2. The molecule has 1 heterocycles. The second-order valence-electron chi connectivity index (χ2n) is 1.70. The van der Waals surface area contributed by atoms with Crippen molar-refractivity contribution < 1.29 is 37.5 Å². The summed E-state index contributed by atoms with van der Waals surface area (Å²) in [6, 6.07) is 0. The van der Waals surface area contributed by atoms with Crippen LogP contribution in [0.25, 0.3) is 0 Å². The SMILES string of the molecule is C[B]c1n[c-]c(C=O)cn1.[Y]. The van der Waals surface area contributed by atoms with Crippen LogP contribution < -0.4 is 5.72 Å². The molecule has 1 rings (SSSR count). The van der Waals surface area contributed by atoms with E-state index in [0.29, 0.717) is 17.6 Å². The number of aldehydes is 1. The second kappa shape index (κ2) is 5.55. The van der Waals surface area contributed by atoms with Gasteiger partial charge in [-0.05, 0) is 11.9 Å². The normalized spacial score (nSPS) is 8.09. The Morgan fingerprint density at radius 3 is 2.82 bits per heavy atom. The largest absolute Gasteiger partial charge is 0.355 e. The minimum absolute atomic E-state index is 0. The van der Waals surface area contributed by atoms with Gasteiger partial charge in [0.05, 0.1) is 6.29 Å². The fourth-order valence-electron chi connectivity index (χ4n) is 0.511. The zero-order valence-corrected chi connectivity index (χ0v) is 8.95. The van der Waals surface area contributed by atoms with Gasteiger partial charge in [-0.1, -0.05) is 18.6 Å². The van der Waals surface area contributed by atoms with Crippen molar-refractivity contribution in [1.29, 1.82) is 0 Å². The molecule has 5 heteroatoms. The van der Waals surface area contributed by atoms with Gasteiger partial charge in [0.25, 0.3) is 0 Å². The van der Waals surface area contributed by atoms with E-state index in [0.717, 1.165) is 0 Å². The van der Waals surface area contributed by atoms with Gasteiger partial charge in [0, 0.05) is 32.7 Å². The van der Waals surface area contributed by atoms with Crippen molar-refractivity contribution in [1.82, 2.24) is 9.97 Å². The van der Waals surface area contributed by atoms with Crippen LogP contribution in [0.5, 0.6) is 0 Å². The van der Waals surface area contributed by atoms with E-state index >= 15 is 0 Å². The molecule has 0 aliphatic rings. The average Bonchev–Trinajstić information content (AvgIpc) is 2.05. The molecule has 0 saturated carbocycles. The molecule has 0 atom stereocenters. The van der Waals surface area contributed by atoms with Crippen LogP contribution in [0.4, 0.5) is 0 Å². The van der Waals surface area contributed by atoms with Gasteiger partial charge in [0.15, 0.2) is 0 Å². The molecule has 11 heavy (non-hydrogen) atoms. The van der Waals surface area contributed by atoms with E-state index in [-0.39, 0.29) is 32.7 Å². The Morgan fingerprint density at radius 1 is 1.73 bits per heavy atom. The van der Waals surface area contributed by atoms with E-state index < -0.39 is 0 Å². The fourth-order valence-corrected chi connectivity index (χ4v) is 0.511. The van der Waals surface area contributed by atoms with Gasteiger partial charge in [-0.2, -0.15) is 0 Å². The van der Waals surface area contributed by atoms with Crippen molar-refractivity contribution in [2.45, 2.75) is 6.82 Å².